The molecule has 0 spiro atoms. The Bertz CT molecular complexity index is 1560. The standard InChI is InChI=1S/C22H24ClFN5O4PS.2ClH/c1-33-19-9-13-6-7-25-11-14(13)8-18(19)28-22-26-12-16(23)21(29-22)27-17-5-4-15(35(24,31)32)10-20(17)34(2,3)30;;/h4-5,8-10,12,25H,6-7,11H2,1-3H3,(H2,26,27,28,29);2*1H/i1D3;;. The van der Waals surface area contributed by atoms with E-state index in [9.17, 15) is 16.9 Å². The molecule has 15 heteroatoms. The SMILES string of the molecule is Cl.Cl.[2H]C([2H])([2H])Oc1cc2c(cc1Nc1ncc(Cl)c(Nc3ccc(S(=O)(=O)F)cc3P(C)(C)=O)n1)CNCC2. The van der Waals surface area contributed by atoms with Gasteiger partial charge in [0.2, 0.25) is 5.95 Å². The lowest BCUT2D eigenvalue weighted by atomic mass is 10.00. The molecule has 0 atom stereocenters. The van der Waals surface area contributed by atoms with Crippen molar-refractivity contribution in [1.29, 1.82) is 0 Å². The molecule has 0 bridgehead atoms. The molecule has 3 N–H and O–H groups in total. The Morgan fingerprint density at radius 2 is 1.92 bits per heavy atom. The third-order valence-corrected chi connectivity index (χ3v) is 8.00. The van der Waals surface area contributed by atoms with Crippen LogP contribution in [0, 0.1) is 0 Å². The van der Waals surface area contributed by atoms with Gasteiger partial charge in [-0.1, -0.05) is 11.6 Å². The Morgan fingerprint density at radius 3 is 2.59 bits per heavy atom. The fourth-order valence-corrected chi connectivity index (χ4v) is 5.55. The number of methoxy groups -OCH3 is 1. The minimum Gasteiger partial charge on any atom is -0.495 e. The van der Waals surface area contributed by atoms with E-state index in [1.165, 1.54) is 25.6 Å². The number of nitrogens with one attached hydrogen (secondary N) is 3. The second-order valence-electron chi connectivity index (χ2n) is 8.25. The number of rotatable bonds is 7. The van der Waals surface area contributed by atoms with Gasteiger partial charge in [-0.3, -0.25) is 0 Å². The zero-order valence-corrected chi connectivity index (χ0v) is 23.6. The van der Waals surface area contributed by atoms with Crippen LogP contribution in [0.3, 0.4) is 0 Å². The number of aromatic nitrogens is 2. The van der Waals surface area contributed by atoms with Crippen LogP contribution < -0.4 is 26.0 Å². The fourth-order valence-electron chi connectivity index (χ4n) is 3.67. The van der Waals surface area contributed by atoms with E-state index < -0.39 is 29.3 Å². The lowest BCUT2D eigenvalue weighted by Crippen LogP contribution is -2.23. The summed E-state index contributed by atoms with van der Waals surface area (Å²) in [6.45, 7) is 4.17. The van der Waals surface area contributed by atoms with Crippen molar-refractivity contribution in [2.75, 3.05) is 37.5 Å². The van der Waals surface area contributed by atoms with E-state index >= 15 is 0 Å². The van der Waals surface area contributed by atoms with E-state index in [1.807, 2.05) is 0 Å². The molecule has 1 aromatic heterocycles. The summed E-state index contributed by atoms with van der Waals surface area (Å²) in [6, 6.07) is 6.74. The normalized spacial score (nSPS) is 14.5. The molecule has 4 rings (SSSR count). The van der Waals surface area contributed by atoms with E-state index in [0.717, 1.165) is 29.8 Å². The molecule has 2 heterocycles. The van der Waals surface area contributed by atoms with Crippen LogP contribution >= 0.6 is 43.6 Å². The van der Waals surface area contributed by atoms with Crippen LogP contribution in [-0.4, -0.2) is 45.3 Å². The average molecular weight is 616 g/mol. The van der Waals surface area contributed by atoms with Crippen molar-refractivity contribution in [3.63, 3.8) is 0 Å². The number of fused-ring (bicyclic) bond motifs is 1. The summed E-state index contributed by atoms with van der Waals surface area (Å²) < 4.78 is 77.0. The van der Waals surface area contributed by atoms with Crippen LogP contribution in [0.4, 0.5) is 27.0 Å². The predicted molar refractivity (Wildman–Crippen MR) is 150 cm³/mol. The highest BCUT2D eigenvalue weighted by Crippen LogP contribution is 2.40. The number of hydrogen-bond acceptors (Lipinski definition) is 9. The Kier molecular flexibility index (Phi) is 8.69. The minimum atomic E-state index is -5.02. The topological polar surface area (TPSA) is 122 Å². The Morgan fingerprint density at radius 1 is 1.16 bits per heavy atom. The minimum absolute atomic E-state index is 0. The zero-order valence-electron chi connectivity index (χ0n) is 22.5. The average Bonchev–Trinajstić information content (AvgIpc) is 2.79. The van der Waals surface area contributed by atoms with Gasteiger partial charge in [0.25, 0.3) is 0 Å². The van der Waals surface area contributed by atoms with Gasteiger partial charge in [0.05, 0.1) is 33.6 Å². The summed E-state index contributed by atoms with van der Waals surface area (Å²) in [5, 5.41) is 9.29. The molecular weight excluding hydrogens is 587 g/mol. The van der Waals surface area contributed by atoms with Gasteiger partial charge in [-0.05, 0) is 67.8 Å². The Hall–Kier alpha value is -2.14. The smallest absolute Gasteiger partial charge is 0.332 e. The first-order valence-corrected chi connectivity index (χ1v) is 14.7. The largest absolute Gasteiger partial charge is 0.495 e. The summed E-state index contributed by atoms with van der Waals surface area (Å²) >= 11 is 6.29. The van der Waals surface area contributed by atoms with Crippen molar-refractivity contribution in [1.82, 2.24) is 15.3 Å². The molecule has 1 aliphatic rings. The Balaban J connectivity index is 0.00000280. The number of benzene rings is 2. The van der Waals surface area contributed by atoms with Gasteiger partial charge in [0.1, 0.15) is 17.9 Å². The summed E-state index contributed by atoms with van der Waals surface area (Å²) in [7, 11) is -10.8. The highest BCUT2D eigenvalue weighted by molar-refractivity contribution is 7.86. The van der Waals surface area contributed by atoms with Crippen molar-refractivity contribution in [2.24, 2.45) is 0 Å². The van der Waals surface area contributed by atoms with Crippen LogP contribution in [-0.2, 0) is 27.8 Å². The fraction of sp³-hybridized carbons (Fsp3) is 0.273. The molecule has 0 amide bonds. The second-order valence-corrected chi connectivity index (χ2v) is 13.2. The molecule has 202 valence electrons. The molecule has 0 saturated heterocycles. The third kappa shape index (κ3) is 7.25. The number of anilines is 4. The molecular formula is C22H26Cl3FN5O4PS. The first-order chi connectivity index (χ1) is 17.6. The van der Waals surface area contributed by atoms with Crippen molar-refractivity contribution in [3.05, 3.63) is 52.7 Å². The molecule has 37 heavy (non-hydrogen) atoms. The first-order valence-electron chi connectivity index (χ1n) is 11.9. The molecule has 2 aromatic carbocycles. The van der Waals surface area contributed by atoms with E-state index in [2.05, 4.69) is 25.9 Å². The van der Waals surface area contributed by atoms with Gasteiger partial charge in [0.15, 0.2) is 5.82 Å². The summed E-state index contributed by atoms with van der Waals surface area (Å²) in [4.78, 5) is 7.88. The van der Waals surface area contributed by atoms with E-state index in [1.54, 1.807) is 12.1 Å². The predicted octanol–water partition coefficient (Wildman–Crippen LogP) is 5.02. The van der Waals surface area contributed by atoms with E-state index in [-0.39, 0.29) is 58.3 Å². The van der Waals surface area contributed by atoms with Crippen LogP contribution in [0.25, 0.3) is 0 Å². The van der Waals surface area contributed by atoms with Crippen molar-refractivity contribution in [3.8, 4) is 5.75 Å². The molecule has 1 aliphatic heterocycles. The molecule has 0 saturated carbocycles. The molecule has 0 unspecified atom stereocenters. The zero-order chi connectivity index (χ0) is 27.9. The van der Waals surface area contributed by atoms with Gasteiger partial charge in [-0.15, -0.1) is 28.7 Å². The van der Waals surface area contributed by atoms with Gasteiger partial charge in [-0.2, -0.15) is 13.4 Å². The van der Waals surface area contributed by atoms with Crippen molar-refractivity contribution >= 4 is 82.2 Å². The lowest BCUT2D eigenvalue weighted by Gasteiger charge is -2.20. The second kappa shape index (κ2) is 12.1. The summed E-state index contributed by atoms with van der Waals surface area (Å²) in [5.74, 6) is 0.214. The lowest BCUT2D eigenvalue weighted by molar-refractivity contribution is 0.415. The van der Waals surface area contributed by atoms with Crippen LogP contribution in [0.2, 0.25) is 5.02 Å². The molecule has 3 aromatic rings. The van der Waals surface area contributed by atoms with Gasteiger partial charge >= 0.3 is 10.2 Å². The van der Waals surface area contributed by atoms with Crippen LogP contribution in [0.5, 0.6) is 5.75 Å². The monoisotopic (exact) mass is 614 g/mol. The maximum Gasteiger partial charge on any atom is 0.332 e. The molecule has 9 nitrogen and oxygen atoms in total. The summed E-state index contributed by atoms with van der Waals surface area (Å²) in [6.07, 6.45) is 2.00. The third-order valence-electron chi connectivity index (χ3n) is 5.37. The Labute approximate surface area is 236 Å². The number of nitrogens with zero attached hydrogens (tertiary/aromatic N) is 2. The maximum atomic E-state index is 13.6. The van der Waals surface area contributed by atoms with Gasteiger partial charge < -0.3 is 25.3 Å². The first kappa shape index (κ1) is 26.5. The summed E-state index contributed by atoms with van der Waals surface area (Å²) in [5.41, 5.74) is 2.45. The highest BCUT2D eigenvalue weighted by atomic mass is 35.5. The van der Waals surface area contributed by atoms with E-state index in [4.69, 9.17) is 20.5 Å². The number of ether oxygens (including phenoxy) is 1. The number of hydrogen-bond donors (Lipinski definition) is 3. The highest BCUT2D eigenvalue weighted by Gasteiger charge is 2.22. The quantitative estimate of drug-likeness (QED) is 0.248. The maximum absolute atomic E-state index is 13.6. The van der Waals surface area contributed by atoms with Crippen LogP contribution in [0.15, 0.2) is 41.4 Å². The molecule has 0 radical (unpaired) electrons. The van der Waals surface area contributed by atoms with Gasteiger partial charge in [-0.25, -0.2) is 4.98 Å². The molecule has 0 fully saturated rings. The van der Waals surface area contributed by atoms with E-state index in [0.29, 0.717) is 18.7 Å². The number of halogens is 4. The molecule has 0 aliphatic carbocycles. The van der Waals surface area contributed by atoms with Gasteiger partial charge in [0, 0.05) is 11.8 Å². The van der Waals surface area contributed by atoms with Crippen molar-refractivity contribution in [2.45, 2.75) is 17.9 Å². The van der Waals surface area contributed by atoms with Crippen LogP contribution in [0.1, 0.15) is 15.2 Å². The van der Waals surface area contributed by atoms with Crippen molar-refractivity contribution < 1.29 is 25.7 Å².